The fraction of sp³-hybridized carbons (Fsp3) is 0.417. The molecular weight excluding hydrogens is 282 g/mol. The molecule has 0 saturated heterocycles. The van der Waals surface area contributed by atoms with Crippen LogP contribution in [-0.4, -0.2) is 37.4 Å². The number of sulfonamides is 1. The third kappa shape index (κ3) is 3.26. The van der Waals surface area contributed by atoms with Crippen LogP contribution in [0.15, 0.2) is 23.1 Å². The molecule has 5 N–H and O–H groups in total. The Morgan fingerprint density at radius 2 is 2.00 bits per heavy atom. The van der Waals surface area contributed by atoms with Crippen LogP contribution in [0.25, 0.3) is 0 Å². The minimum absolute atomic E-state index is 0.0718. The van der Waals surface area contributed by atoms with Crippen molar-refractivity contribution in [3.05, 3.63) is 23.8 Å². The van der Waals surface area contributed by atoms with Crippen molar-refractivity contribution in [3.8, 4) is 6.07 Å². The smallest absolute Gasteiger partial charge is 0.243 e. The molecule has 0 spiro atoms. The van der Waals surface area contributed by atoms with Crippen LogP contribution in [0.5, 0.6) is 0 Å². The van der Waals surface area contributed by atoms with Gasteiger partial charge in [0.25, 0.3) is 0 Å². The van der Waals surface area contributed by atoms with Crippen LogP contribution >= 0.6 is 0 Å². The highest BCUT2D eigenvalue weighted by atomic mass is 32.2. The molecule has 1 aromatic carbocycles. The monoisotopic (exact) mass is 299 g/mol. The number of hydrogen-bond donors (Lipinski definition) is 4. The molecule has 0 saturated carbocycles. The van der Waals surface area contributed by atoms with Gasteiger partial charge < -0.3 is 15.9 Å². The maximum absolute atomic E-state index is 12.2. The Bertz CT molecular complexity index is 610. The molecule has 0 radical (unpaired) electrons. The number of hydrogen-bond acceptors (Lipinski definition) is 6. The highest BCUT2D eigenvalue weighted by molar-refractivity contribution is 7.89. The first-order valence-corrected chi connectivity index (χ1v) is 7.38. The van der Waals surface area contributed by atoms with Gasteiger partial charge in [-0.05, 0) is 24.6 Å². The van der Waals surface area contributed by atoms with E-state index in [0.29, 0.717) is 0 Å². The Balaban J connectivity index is 3.21. The molecule has 0 unspecified atom stereocenters. The van der Waals surface area contributed by atoms with Gasteiger partial charge in [0.2, 0.25) is 10.0 Å². The van der Waals surface area contributed by atoms with E-state index in [9.17, 15) is 18.6 Å². The van der Waals surface area contributed by atoms with Gasteiger partial charge in [0.1, 0.15) is 4.90 Å². The van der Waals surface area contributed by atoms with Gasteiger partial charge in [-0.1, -0.05) is 6.92 Å². The van der Waals surface area contributed by atoms with Crippen molar-refractivity contribution in [1.82, 2.24) is 4.72 Å². The van der Waals surface area contributed by atoms with E-state index in [1.807, 2.05) is 6.07 Å². The lowest BCUT2D eigenvalue weighted by molar-refractivity contribution is 0.105. The van der Waals surface area contributed by atoms with Crippen molar-refractivity contribution in [2.75, 3.05) is 18.9 Å². The minimum Gasteiger partial charge on any atom is -0.398 e. The first kappa shape index (κ1) is 16.4. The average molecular weight is 299 g/mol. The summed E-state index contributed by atoms with van der Waals surface area (Å²) in [6.07, 6.45) is 0.204. The maximum Gasteiger partial charge on any atom is 0.243 e. The van der Waals surface area contributed by atoms with Crippen molar-refractivity contribution >= 4 is 15.7 Å². The molecular formula is C12H17N3O4S. The lowest BCUT2D eigenvalue weighted by Crippen LogP contribution is -2.53. The van der Waals surface area contributed by atoms with Gasteiger partial charge in [-0.15, -0.1) is 0 Å². The molecule has 0 amide bonds. The average Bonchev–Trinajstić information content (AvgIpc) is 2.44. The Labute approximate surface area is 117 Å². The molecule has 7 nitrogen and oxygen atoms in total. The van der Waals surface area contributed by atoms with Crippen LogP contribution in [0.3, 0.4) is 0 Å². The van der Waals surface area contributed by atoms with E-state index in [4.69, 9.17) is 11.0 Å². The van der Waals surface area contributed by atoms with Crippen LogP contribution in [0, 0.1) is 11.3 Å². The summed E-state index contributed by atoms with van der Waals surface area (Å²) in [5.41, 5.74) is 4.45. The summed E-state index contributed by atoms with van der Waals surface area (Å²) < 4.78 is 26.8. The minimum atomic E-state index is -4.01. The summed E-state index contributed by atoms with van der Waals surface area (Å²) in [5.74, 6) is 0. The molecule has 0 aromatic heterocycles. The van der Waals surface area contributed by atoms with Crippen molar-refractivity contribution in [2.45, 2.75) is 23.8 Å². The predicted octanol–water partition coefficient (Wildman–Crippen LogP) is -0.448. The number of nitrogens with zero attached hydrogens (tertiary/aromatic N) is 1. The van der Waals surface area contributed by atoms with Crippen LogP contribution in [0.4, 0.5) is 5.69 Å². The summed E-state index contributed by atoms with van der Waals surface area (Å²) in [5, 5.41) is 27.3. The van der Waals surface area contributed by atoms with Gasteiger partial charge in [-0.3, -0.25) is 0 Å². The van der Waals surface area contributed by atoms with Crippen LogP contribution in [0.2, 0.25) is 0 Å². The molecule has 20 heavy (non-hydrogen) atoms. The van der Waals surface area contributed by atoms with E-state index in [1.54, 1.807) is 6.92 Å². The lowest BCUT2D eigenvalue weighted by Gasteiger charge is -2.29. The fourth-order valence-corrected chi connectivity index (χ4v) is 3.18. The molecule has 1 aromatic rings. The largest absolute Gasteiger partial charge is 0.398 e. The van der Waals surface area contributed by atoms with Gasteiger partial charge in [-0.2, -0.15) is 5.26 Å². The zero-order valence-corrected chi connectivity index (χ0v) is 11.8. The Hall–Kier alpha value is -1.66. The number of nitrogen functional groups attached to an aromatic ring is 1. The second-order valence-electron chi connectivity index (χ2n) is 4.42. The van der Waals surface area contributed by atoms with Gasteiger partial charge in [0, 0.05) is 0 Å². The van der Waals surface area contributed by atoms with E-state index < -0.39 is 28.8 Å². The third-order valence-electron chi connectivity index (χ3n) is 3.06. The third-order valence-corrected chi connectivity index (χ3v) is 4.71. The van der Waals surface area contributed by atoms with Crippen molar-refractivity contribution in [3.63, 3.8) is 0 Å². The van der Waals surface area contributed by atoms with Gasteiger partial charge >= 0.3 is 0 Å². The van der Waals surface area contributed by atoms with Gasteiger partial charge in [0.15, 0.2) is 0 Å². The normalized spacial score (nSPS) is 12.1. The number of benzene rings is 1. The van der Waals surface area contributed by atoms with Crippen molar-refractivity contribution in [1.29, 1.82) is 5.26 Å². The number of anilines is 1. The molecule has 0 aliphatic carbocycles. The molecule has 8 heteroatoms. The number of nitrogens with two attached hydrogens (primary N) is 1. The fourth-order valence-electron chi connectivity index (χ4n) is 1.61. The predicted molar refractivity (Wildman–Crippen MR) is 73.1 cm³/mol. The molecule has 0 bridgehead atoms. The van der Waals surface area contributed by atoms with E-state index in [-0.39, 0.29) is 22.6 Å². The first-order chi connectivity index (χ1) is 9.34. The van der Waals surface area contributed by atoms with Crippen molar-refractivity contribution < 1.29 is 18.6 Å². The van der Waals surface area contributed by atoms with Crippen LogP contribution in [-0.2, 0) is 10.0 Å². The maximum atomic E-state index is 12.2. The standard InChI is InChI=1S/C12H17N3O4S/c1-2-12(7-16,8-17)15-20(18,19)11-4-3-9(6-13)5-10(11)14/h3-5,15-17H,2,7-8,14H2,1H3. The number of aliphatic hydroxyl groups excluding tert-OH is 2. The Kier molecular flexibility index (Phi) is 5.08. The summed E-state index contributed by atoms with van der Waals surface area (Å²) in [6.45, 7) is 0.544. The summed E-state index contributed by atoms with van der Waals surface area (Å²) in [7, 11) is -4.01. The first-order valence-electron chi connectivity index (χ1n) is 5.89. The molecule has 0 heterocycles. The molecule has 0 aliphatic heterocycles. The zero-order valence-electron chi connectivity index (χ0n) is 11.0. The number of nitriles is 1. The Morgan fingerprint density at radius 1 is 1.40 bits per heavy atom. The zero-order chi connectivity index (χ0) is 15.4. The second kappa shape index (κ2) is 6.19. The van der Waals surface area contributed by atoms with Crippen LogP contribution < -0.4 is 10.5 Å². The summed E-state index contributed by atoms with van der Waals surface area (Å²) >= 11 is 0. The summed E-state index contributed by atoms with van der Waals surface area (Å²) in [6, 6.07) is 5.65. The molecule has 1 rings (SSSR count). The number of aliphatic hydroxyl groups is 2. The molecule has 0 atom stereocenters. The van der Waals surface area contributed by atoms with E-state index in [0.717, 1.165) is 0 Å². The van der Waals surface area contributed by atoms with E-state index >= 15 is 0 Å². The van der Waals surface area contributed by atoms with Crippen LogP contribution in [0.1, 0.15) is 18.9 Å². The highest BCUT2D eigenvalue weighted by Gasteiger charge is 2.33. The van der Waals surface area contributed by atoms with E-state index in [2.05, 4.69) is 4.72 Å². The second-order valence-corrected chi connectivity index (χ2v) is 6.07. The van der Waals surface area contributed by atoms with Crippen molar-refractivity contribution in [2.24, 2.45) is 0 Å². The quantitative estimate of drug-likeness (QED) is 0.525. The molecule has 0 aliphatic rings. The van der Waals surface area contributed by atoms with E-state index in [1.165, 1.54) is 18.2 Å². The van der Waals surface area contributed by atoms with Gasteiger partial charge in [0.05, 0.1) is 36.1 Å². The number of rotatable bonds is 6. The molecule has 0 fully saturated rings. The highest BCUT2D eigenvalue weighted by Crippen LogP contribution is 2.22. The SMILES string of the molecule is CCC(CO)(CO)NS(=O)(=O)c1ccc(C#N)cc1N. The van der Waals surface area contributed by atoms with Gasteiger partial charge in [-0.25, -0.2) is 13.1 Å². The molecule has 110 valence electrons. The lowest BCUT2D eigenvalue weighted by atomic mass is 10.0. The number of nitrogens with one attached hydrogen (secondary N) is 1. The summed E-state index contributed by atoms with van der Waals surface area (Å²) in [4.78, 5) is -0.198. The Morgan fingerprint density at radius 3 is 2.40 bits per heavy atom. The topological polar surface area (TPSA) is 136 Å².